The molecule has 2 aromatic carbocycles. The van der Waals surface area contributed by atoms with E-state index in [0.29, 0.717) is 25.4 Å². The van der Waals surface area contributed by atoms with Crippen molar-refractivity contribution in [3.05, 3.63) is 54.1 Å². The van der Waals surface area contributed by atoms with Gasteiger partial charge in [0, 0.05) is 55.2 Å². The van der Waals surface area contributed by atoms with Crippen molar-refractivity contribution in [2.75, 3.05) is 43.9 Å². The van der Waals surface area contributed by atoms with Crippen LogP contribution in [0.2, 0.25) is 0 Å². The first-order chi connectivity index (χ1) is 13.3. The fraction of sp³-hybridized carbons (Fsp3) is 0.381. The molecule has 0 spiro atoms. The van der Waals surface area contributed by atoms with E-state index >= 15 is 0 Å². The number of hydrogen-bond donors (Lipinski definition) is 0. The normalized spacial score (nSPS) is 19.4. The quantitative estimate of drug-likeness (QED) is 0.811. The van der Waals surface area contributed by atoms with Gasteiger partial charge >= 0.3 is 0 Å². The number of hydrogen-bond acceptors (Lipinski definition) is 5. The maximum atomic E-state index is 12.9. The van der Waals surface area contributed by atoms with E-state index in [9.17, 15) is 4.79 Å². The molecule has 0 aliphatic carbocycles. The van der Waals surface area contributed by atoms with Gasteiger partial charge in [0.1, 0.15) is 5.75 Å². The second-order valence-electron chi connectivity index (χ2n) is 6.74. The third kappa shape index (κ3) is 3.92. The first-order valence-corrected chi connectivity index (χ1v) is 10.2. The molecule has 0 bridgehead atoms. The van der Waals surface area contributed by atoms with Crippen LogP contribution in [0.25, 0.3) is 0 Å². The molecule has 1 fully saturated rings. The topological polar surface area (TPSA) is 42.0 Å². The van der Waals surface area contributed by atoms with Crippen LogP contribution in [-0.4, -0.2) is 56.0 Å². The third-order valence-corrected chi connectivity index (χ3v) is 6.13. The first-order valence-electron chi connectivity index (χ1n) is 9.25. The third-order valence-electron chi connectivity index (χ3n) is 5.01. The second kappa shape index (κ2) is 8.23. The summed E-state index contributed by atoms with van der Waals surface area (Å²) in [6.07, 6.45) is -0.391. The smallest absolute Gasteiger partial charge is 0.264 e. The van der Waals surface area contributed by atoms with E-state index in [4.69, 9.17) is 9.47 Å². The van der Waals surface area contributed by atoms with E-state index < -0.39 is 6.10 Å². The number of piperazine rings is 1. The van der Waals surface area contributed by atoms with Crippen LogP contribution in [0.5, 0.6) is 5.75 Å². The fourth-order valence-corrected chi connectivity index (χ4v) is 4.58. The van der Waals surface area contributed by atoms with Crippen molar-refractivity contribution in [1.82, 2.24) is 4.90 Å². The highest BCUT2D eigenvalue weighted by Gasteiger charge is 2.32. The van der Waals surface area contributed by atoms with Gasteiger partial charge in [-0.3, -0.25) is 4.79 Å². The van der Waals surface area contributed by atoms with Gasteiger partial charge in [-0.05, 0) is 18.2 Å². The molecule has 0 aromatic heterocycles. The summed E-state index contributed by atoms with van der Waals surface area (Å²) in [5, 5.41) is 0. The van der Waals surface area contributed by atoms with Gasteiger partial charge in [-0.2, -0.15) is 0 Å². The zero-order valence-electron chi connectivity index (χ0n) is 15.5. The van der Waals surface area contributed by atoms with E-state index in [1.54, 1.807) is 18.9 Å². The number of benzene rings is 2. The summed E-state index contributed by atoms with van der Waals surface area (Å²) in [7, 11) is 1.72. The molecule has 5 nitrogen and oxygen atoms in total. The highest BCUT2D eigenvalue weighted by molar-refractivity contribution is 7.99. The van der Waals surface area contributed by atoms with Crippen molar-refractivity contribution in [3.8, 4) is 5.75 Å². The highest BCUT2D eigenvalue weighted by atomic mass is 32.2. The number of nitrogens with zero attached hydrogens (tertiary/aromatic N) is 2. The lowest BCUT2D eigenvalue weighted by molar-refractivity contribution is -0.138. The molecule has 142 valence electrons. The zero-order chi connectivity index (χ0) is 18.6. The average molecular weight is 385 g/mol. The Hall–Kier alpha value is -2.18. The Morgan fingerprint density at radius 3 is 2.67 bits per heavy atom. The van der Waals surface area contributed by atoms with Crippen molar-refractivity contribution in [3.63, 3.8) is 0 Å². The van der Waals surface area contributed by atoms with Crippen LogP contribution < -0.4 is 9.64 Å². The van der Waals surface area contributed by atoms with Gasteiger partial charge in [0.25, 0.3) is 5.91 Å². The Labute approximate surface area is 164 Å². The molecule has 1 unspecified atom stereocenters. The number of ether oxygens (including phenoxy) is 2. The number of rotatable bonds is 4. The molecule has 2 aromatic rings. The molecule has 0 radical (unpaired) electrons. The monoisotopic (exact) mass is 384 g/mol. The lowest BCUT2D eigenvalue weighted by Crippen LogP contribution is -2.53. The predicted octanol–water partition coefficient (Wildman–Crippen LogP) is 3.03. The molecule has 2 aliphatic rings. The van der Waals surface area contributed by atoms with Gasteiger partial charge in [-0.25, -0.2) is 0 Å². The summed E-state index contributed by atoms with van der Waals surface area (Å²) < 4.78 is 11.3. The lowest BCUT2D eigenvalue weighted by atomic mass is 10.1. The molecule has 0 N–H and O–H groups in total. The predicted molar refractivity (Wildman–Crippen MR) is 108 cm³/mol. The van der Waals surface area contributed by atoms with E-state index in [-0.39, 0.29) is 5.91 Å². The van der Waals surface area contributed by atoms with Crippen molar-refractivity contribution >= 4 is 23.4 Å². The molecule has 27 heavy (non-hydrogen) atoms. The van der Waals surface area contributed by atoms with Crippen molar-refractivity contribution < 1.29 is 14.3 Å². The molecule has 1 atom stereocenters. The molecule has 4 rings (SSSR count). The largest absolute Gasteiger partial charge is 0.479 e. The molecular formula is C21H24N2O3S. The molecule has 1 saturated heterocycles. The van der Waals surface area contributed by atoms with E-state index in [1.807, 2.05) is 35.2 Å². The van der Waals surface area contributed by atoms with Gasteiger partial charge in [0.05, 0.1) is 6.61 Å². The van der Waals surface area contributed by atoms with Crippen molar-refractivity contribution in [2.24, 2.45) is 0 Å². The highest BCUT2D eigenvalue weighted by Crippen LogP contribution is 2.35. The number of fused-ring (bicyclic) bond motifs is 1. The van der Waals surface area contributed by atoms with Gasteiger partial charge in [0.2, 0.25) is 0 Å². The number of amides is 1. The standard InChI is InChI=1S/C21H24N2O3S/c1-25-14-16-6-2-3-7-17(16)22-10-12-23(13-11-22)21(24)19-15-27-20-9-5-4-8-18(20)26-19/h2-9,19H,10-15H2,1H3. The molecular weight excluding hydrogens is 360 g/mol. The van der Waals surface area contributed by atoms with Crippen molar-refractivity contribution in [2.45, 2.75) is 17.6 Å². The number of carbonyl (C=O) groups is 1. The van der Waals surface area contributed by atoms with Crippen LogP contribution in [0.15, 0.2) is 53.4 Å². The Balaban J connectivity index is 1.38. The Morgan fingerprint density at radius 2 is 1.85 bits per heavy atom. The van der Waals surface area contributed by atoms with Crippen LogP contribution in [0.1, 0.15) is 5.56 Å². The number of para-hydroxylation sites is 2. The average Bonchev–Trinajstić information content (AvgIpc) is 2.74. The van der Waals surface area contributed by atoms with Gasteiger partial charge < -0.3 is 19.3 Å². The van der Waals surface area contributed by atoms with Crippen LogP contribution in [0, 0.1) is 0 Å². The second-order valence-corrected chi connectivity index (χ2v) is 7.80. The molecule has 2 aliphatic heterocycles. The van der Waals surface area contributed by atoms with Crippen molar-refractivity contribution in [1.29, 1.82) is 0 Å². The summed E-state index contributed by atoms with van der Waals surface area (Å²) in [4.78, 5) is 18.3. The molecule has 0 saturated carbocycles. The van der Waals surface area contributed by atoms with Crippen LogP contribution in [0.4, 0.5) is 5.69 Å². The summed E-state index contributed by atoms with van der Waals surface area (Å²) in [5.41, 5.74) is 2.38. The maximum Gasteiger partial charge on any atom is 0.264 e. The fourth-order valence-electron chi connectivity index (χ4n) is 3.61. The number of thioether (sulfide) groups is 1. The van der Waals surface area contributed by atoms with Gasteiger partial charge in [-0.1, -0.05) is 30.3 Å². The van der Waals surface area contributed by atoms with E-state index in [0.717, 1.165) is 23.7 Å². The summed E-state index contributed by atoms with van der Waals surface area (Å²) >= 11 is 1.70. The minimum absolute atomic E-state index is 0.0989. The summed E-state index contributed by atoms with van der Waals surface area (Å²) in [6, 6.07) is 16.2. The Kier molecular flexibility index (Phi) is 5.55. The van der Waals surface area contributed by atoms with Crippen LogP contribution in [-0.2, 0) is 16.1 Å². The number of anilines is 1. The van der Waals surface area contributed by atoms with E-state index in [1.165, 1.54) is 11.3 Å². The van der Waals surface area contributed by atoms with E-state index in [2.05, 4.69) is 23.1 Å². The number of methoxy groups -OCH3 is 1. The Morgan fingerprint density at radius 1 is 1.11 bits per heavy atom. The van der Waals surface area contributed by atoms with Gasteiger partial charge in [-0.15, -0.1) is 11.8 Å². The first kappa shape index (κ1) is 18.2. The number of carbonyl (C=O) groups excluding carboxylic acids is 1. The zero-order valence-corrected chi connectivity index (χ0v) is 16.3. The Bertz CT molecular complexity index is 806. The van der Waals surface area contributed by atoms with Gasteiger partial charge in [0.15, 0.2) is 6.10 Å². The SMILES string of the molecule is COCc1ccccc1N1CCN(C(=O)C2CSc3ccccc3O2)CC1. The molecule has 1 amide bonds. The molecule has 2 heterocycles. The summed E-state index contributed by atoms with van der Waals surface area (Å²) in [6.45, 7) is 3.67. The maximum absolute atomic E-state index is 12.9. The minimum Gasteiger partial charge on any atom is -0.479 e. The summed E-state index contributed by atoms with van der Waals surface area (Å²) in [5.74, 6) is 1.59. The van der Waals surface area contributed by atoms with Crippen LogP contribution in [0.3, 0.4) is 0 Å². The van der Waals surface area contributed by atoms with Crippen LogP contribution >= 0.6 is 11.8 Å². The lowest BCUT2D eigenvalue weighted by Gasteiger charge is -2.38. The molecule has 6 heteroatoms. The minimum atomic E-state index is -0.391.